The first kappa shape index (κ1) is 46.2. The molecule has 0 radical (unpaired) electrons. The van der Waals surface area contributed by atoms with E-state index in [-0.39, 0.29) is 50.3 Å². The number of aliphatic carboxylic acids is 3. The van der Waals surface area contributed by atoms with Crippen LogP contribution in [-0.2, 0) is 33.6 Å². The first-order valence-corrected chi connectivity index (χ1v) is 18.4. The lowest BCUT2D eigenvalue weighted by atomic mass is 10.0. The number of amides is 4. The number of rotatable bonds is 33. The van der Waals surface area contributed by atoms with Crippen LogP contribution in [0, 0.1) is 0 Å². The second kappa shape index (κ2) is 30.1. The van der Waals surface area contributed by atoms with Crippen LogP contribution in [-0.4, -0.2) is 88.1 Å². The molecule has 0 unspecified atom stereocenters. The molecule has 15 nitrogen and oxygen atoms in total. The lowest BCUT2D eigenvalue weighted by molar-refractivity contribution is -0.143. The third kappa shape index (κ3) is 27.1. The summed E-state index contributed by atoms with van der Waals surface area (Å²) >= 11 is 0. The number of carbonyl (C=O) groups excluding carboxylic acids is 4. The van der Waals surface area contributed by atoms with Crippen molar-refractivity contribution in [2.45, 2.75) is 166 Å². The zero-order valence-corrected chi connectivity index (χ0v) is 30.0. The van der Waals surface area contributed by atoms with Gasteiger partial charge in [-0.3, -0.25) is 24.0 Å². The Bertz CT molecular complexity index is 1030. The van der Waals surface area contributed by atoms with Crippen LogP contribution in [0.3, 0.4) is 0 Å². The molecule has 0 rings (SSSR count). The molecule has 0 aromatic carbocycles. The van der Waals surface area contributed by atoms with Gasteiger partial charge in [-0.25, -0.2) is 9.59 Å². The Labute approximate surface area is 296 Å². The zero-order valence-electron chi connectivity index (χ0n) is 30.0. The van der Waals surface area contributed by atoms with E-state index in [0.717, 1.165) is 70.6 Å². The molecular formula is C35H63N5O10. The van der Waals surface area contributed by atoms with E-state index in [2.05, 4.69) is 28.2 Å². The first-order valence-electron chi connectivity index (χ1n) is 18.4. The molecule has 0 saturated carbocycles. The topological polar surface area (TPSA) is 254 Å². The molecule has 50 heavy (non-hydrogen) atoms. The molecule has 0 bridgehead atoms. The maximum atomic E-state index is 12.4. The van der Waals surface area contributed by atoms with Crippen LogP contribution in [0.2, 0.25) is 0 Å². The minimum absolute atomic E-state index is 0.152. The van der Waals surface area contributed by atoms with Crippen molar-refractivity contribution in [2.24, 2.45) is 5.73 Å². The normalized spacial score (nSPS) is 12.7. The van der Waals surface area contributed by atoms with Crippen molar-refractivity contribution in [3.8, 4) is 0 Å². The summed E-state index contributed by atoms with van der Waals surface area (Å²) < 4.78 is 0. The molecule has 4 amide bonds. The Kier molecular flexibility index (Phi) is 27.8. The summed E-state index contributed by atoms with van der Waals surface area (Å²) in [5, 5.41) is 37.9. The van der Waals surface area contributed by atoms with Crippen LogP contribution >= 0.6 is 0 Å². The Morgan fingerprint density at radius 2 is 0.940 bits per heavy atom. The number of unbranched alkanes of at least 4 members (excludes halogenated alkanes) is 12. The van der Waals surface area contributed by atoms with Crippen molar-refractivity contribution in [3.63, 3.8) is 0 Å². The number of hydrogen-bond acceptors (Lipinski definition) is 8. The number of carbonyl (C=O) groups is 7. The Balaban J connectivity index is 4.21. The fourth-order valence-corrected chi connectivity index (χ4v) is 5.23. The fourth-order valence-electron chi connectivity index (χ4n) is 5.23. The molecule has 0 spiro atoms. The summed E-state index contributed by atoms with van der Waals surface area (Å²) in [5.41, 5.74) is 5.91. The summed E-state index contributed by atoms with van der Waals surface area (Å²) in [5.74, 6) is -5.11. The Hall–Kier alpha value is -3.75. The minimum Gasteiger partial charge on any atom is -0.481 e. The maximum absolute atomic E-state index is 12.4. The molecule has 0 aliphatic carbocycles. The molecule has 0 fully saturated rings. The van der Waals surface area contributed by atoms with E-state index in [1.54, 1.807) is 0 Å². The minimum atomic E-state index is -1.34. The van der Waals surface area contributed by atoms with Crippen LogP contribution in [0.4, 0.5) is 0 Å². The van der Waals surface area contributed by atoms with Crippen molar-refractivity contribution in [1.82, 2.24) is 21.3 Å². The lowest BCUT2D eigenvalue weighted by Gasteiger charge is -2.17. The molecule has 15 heteroatoms. The molecule has 0 heterocycles. The lowest BCUT2D eigenvalue weighted by Crippen LogP contribution is -2.44. The smallest absolute Gasteiger partial charge is 0.326 e. The molecule has 9 N–H and O–H groups in total. The quantitative estimate of drug-likeness (QED) is 0.0458. The average Bonchev–Trinajstić information content (AvgIpc) is 3.06. The predicted molar refractivity (Wildman–Crippen MR) is 188 cm³/mol. The van der Waals surface area contributed by atoms with Gasteiger partial charge in [0.15, 0.2) is 0 Å². The third-order valence-corrected chi connectivity index (χ3v) is 8.31. The monoisotopic (exact) mass is 713 g/mol. The van der Waals surface area contributed by atoms with E-state index in [9.17, 15) is 43.8 Å². The van der Waals surface area contributed by atoms with Crippen molar-refractivity contribution in [1.29, 1.82) is 0 Å². The second-order valence-corrected chi connectivity index (χ2v) is 12.9. The number of nitrogens with one attached hydrogen (secondary N) is 4. The van der Waals surface area contributed by atoms with Crippen LogP contribution < -0.4 is 27.0 Å². The van der Waals surface area contributed by atoms with Gasteiger partial charge in [0.2, 0.25) is 23.6 Å². The highest BCUT2D eigenvalue weighted by Crippen LogP contribution is 2.12. The molecule has 0 aliphatic heterocycles. The molecule has 0 aliphatic rings. The van der Waals surface area contributed by atoms with Gasteiger partial charge in [0.05, 0.1) is 6.04 Å². The van der Waals surface area contributed by atoms with Crippen LogP contribution in [0.1, 0.15) is 148 Å². The summed E-state index contributed by atoms with van der Waals surface area (Å²) in [6.07, 6.45) is 13.5. The van der Waals surface area contributed by atoms with Crippen molar-refractivity contribution in [3.05, 3.63) is 0 Å². The van der Waals surface area contributed by atoms with Crippen LogP contribution in [0.5, 0.6) is 0 Å². The van der Waals surface area contributed by atoms with Gasteiger partial charge in [0, 0.05) is 38.8 Å². The van der Waals surface area contributed by atoms with E-state index >= 15 is 0 Å². The second-order valence-electron chi connectivity index (χ2n) is 12.9. The van der Waals surface area contributed by atoms with Gasteiger partial charge in [0.25, 0.3) is 0 Å². The number of hydrogen-bond donors (Lipinski definition) is 8. The highest BCUT2D eigenvalue weighted by molar-refractivity contribution is 5.86. The standard InChI is InChI=1S/C35H63N5O10/c1-2-3-15-25-38-33(46)26(36)17-14-16-24-37-29(41)22-20-27(34(47)48)40-31(43)23-21-28(35(49)50)39-30(42)18-12-10-8-6-4-5-7-9-11-13-19-32(44)45/h26-28H,2-25,36H2,1H3,(H,37,41)(H,38,46)(H,39,42)(H,40,43)(H,44,45)(H,47,48)(H,49,50)/t26-,27-,28-/m0/s1. The molecule has 0 aromatic rings. The van der Waals surface area contributed by atoms with Gasteiger partial charge >= 0.3 is 17.9 Å². The SMILES string of the molecule is CCCCCNC(=O)[C@@H](N)CCCCNC(=O)CC[C@H](NC(=O)CC[C@H](NC(=O)CCCCCCCCCCCCC(=O)O)C(=O)O)C(=O)O. The summed E-state index contributed by atoms with van der Waals surface area (Å²) in [6, 6.07) is -3.26. The van der Waals surface area contributed by atoms with Crippen LogP contribution in [0.25, 0.3) is 0 Å². The summed E-state index contributed by atoms with van der Waals surface area (Å²) in [7, 11) is 0. The van der Waals surface area contributed by atoms with E-state index in [4.69, 9.17) is 10.8 Å². The van der Waals surface area contributed by atoms with Gasteiger partial charge in [-0.05, 0) is 51.4 Å². The van der Waals surface area contributed by atoms with Gasteiger partial charge in [-0.2, -0.15) is 0 Å². The Morgan fingerprint density at radius 1 is 0.500 bits per heavy atom. The summed E-state index contributed by atoms with van der Waals surface area (Å²) in [4.78, 5) is 82.7. The maximum Gasteiger partial charge on any atom is 0.326 e. The first-order chi connectivity index (χ1) is 23.9. The molecule has 288 valence electrons. The number of nitrogens with two attached hydrogens (primary N) is 1. The molecular weight excluding hydrogens is 650 g/mol. The van der Waals surface area contributed by atoms with E-state index in [0.29, 0.717) is 45.2 Å². The van der Waals surface area contributed by atoms with E-state index in [1.807, 2.05) is 0 Å². The molecule has 3 atom stereocenters. The van der Waals surface area contributed by atoms with E-state index in [1.165, 1.54) is 0 Å². The molecule has 0 aromatic heterocycles. The van der Waals surface area contributed by atoms with Crippen molar-refractivity contribution < 1.29 is 48.9 Å². The number of carboxylic acids is 3. The highest BCUT2D eigenvalue weighted by atomic mass is 16.4. The van der Waals surface area contributed by atoms with Gasteiger partial charge < -0.3 is 42.3 Å². The predicted octanol–water partition coefficient (Wildman–Crippen LogP) is 3.37. The fraction of sp³-hybridized carbons (Fsp3) is 0.800. The zero-order chi connectivity index (χ0) is 37.6. The molecule has 0 saturated heterocycles. The van der Waals surface area contributed by atoms with Gasteiger partial charge in [-0.15, -0.1) is 0 Å². The summed E-state index contributed by atoms with van der Waals surface area (Å²) in [6.45, 7) is 3.01. The highest BCUT2D eigenvalue weighted by Gasteiger charge is 2.24. The van der Waals surface area contributed by atoms with Crippen molar-refractivity contribution >= 4 is 41.5 Å². The number of carboxylic acid groups (broad SMARTS) is 3. The van der Waals surface area contributed by atoms with Gasteiger partial charge in [0.1, 0.15) is 12.1 Å². The van der Waals surface area contributed by atoms with E-state index < -0.39 is 47.8 Å². The average molecular weight is 714 g/mol. The Morgan fingerprint density at radius 3 is 1.44 bits per heavy atom. The van der Waals surface area contributed by atoms with Gasteiger partial charge in [-0.1, -0.05) is 71.1 Å². The van der Waals surface area contributed by atoms with Crippen LogP contribution in [0.15, 0.2) is 0 Å². The largest absolute Gasteiger partial charge is 0.481 e. The third-order valence-electron chi connectivity index (χ3n) is 8.31. The van der Waals surface area contributed by atoms with Crippen molar-refractivity contribution in [2.75, 3.05) is 13.1 Å².